The number of hydrogen-bond acceptors (Lipinski definition) is 3. The lowest BCUT2D eigenvalue weighted by atomic mass is 10.2. The van der Waals surface area contributed by atoms with Gasteiger partial charge >= 0.3 is 0 Å². The zero-order valence-corrected chi connectivity index (χ0v) is 10.2. The van der Waals surface area contributed by atoms with E-state index in [0.29, 0.717) is 16.8 Å². The van der Waals surface area contributed by atoms with E-state index in [9.17, 15) is 8.78 Å². The van der Waals surface area contributed by atoms with Crippen LogP contribution in [0.4, 0.5) is 26.1 Å². The summed E-state index contributed by atoms with van der Waals surface area (Å²) in [4.78, 5) is 3.60. The Morgan fingerprint density at radius 1 is 1.22 bits per heavy atom. The summed E-state index contributed by atoms with van der Waals surface area (Å²) < 4.78 is 26.4. The van der Waals surface area contributed by atoms with Gasteiger partial charge in [0.05, 0.1) is 10.7 Å². The van der Waals surface area contributed by atoms with E-state index in [1.165, 1.54) is 0 Å². The highest BCUT2D eigenvalue weighted by molar-refractivity contribution is 6.33. The van der Waals surface area contributed by atoms with Crippen LogP contribution in [0.1, 0.15) is 5.56 Å². The summed E-state index contributed by atoms with van der Waals surface area (Å²) in [6, 6.07) is 5.89. The molecule has 0 amide bonds. The van der Waals surface area contributed by atoms with E-state index in [2.05, 4.69) is 10.3 Å². The second-order valence-corrected chi connectivity index (χ2v) is 4.20. The average molecular weight is 270 g/mol. The Balaban J connectivity index is 2.40. The summed E-state index contributed by atoms with van der Waals surface area (Å²) in [7, 11) is 0. The van der Waals surface area contributed by atoms with Gasteiger partial charge in [-0.05, 0) is 24.6 Å². The number of anilines is 3. The van der Waals surface area contributed by atoms with E-state index in [-0.39, 0.29) is 11.6 Å². The second kappa shape index (κ2) is 4.78. The number of benzene rings is 1. The Hall–Kier alpha value is -1.88. The molecule has 6 heteroatoms. The number of nitrogens with zero attached hydrogens (tertiary/aromatic N) is 1. The first-order valence-corrected chi connectivity index (χ1v) is 5.50. The van der Waals surface area contributed by atoms with Gasteiger partial charge in [0.15, 0.2) is 23.3 Å². The SMILES string of the molecule is Cc1ccc(Cl)c(Nc2nc(N)c(F)cc2F)c1. The van der Waals surface area contributed by atoms with Gasteiger partial charge in [-0.25, -0.2) is 13.8 Å². The van der Waals surface area contributed by atoms with Crippen LogP contribution >= 0.6 is 11.6 Å². The quantitative estimate of drug-likeness (QED) is 0.875. The summed E-state index contributed by atoms with van der Waals surface area (Å²) in [5.74, 6) is -2.27. The monoisotopic (exact) mass is 269 g/mol. The third-order valence-corrected chi connectivity index (χ3v) is 2.66. The maximum atomic E-state index is 13.5. The van der Waals surface area contributed by atoms with Crippen molar-refractivity contribution in [3.05, 3.63) is 46.5 Å². The van der Waals surface area contributed by atoms with E-state index >= 15 is 0 Å². The molecule has 94 valence electrons. The van der Waals surface area contributed by atoms with Crippen molar-refractivity contribution in [2.24, 2.45) is 0 Å². The van der Waals surface area contributed by atoms with Gasteiger partial charge in [-0.2, -0.15) is 0 Å². The lowest BCUT2D eigenvalue weighted by Crippen LogP contribution is -2.03. The molecule has 0 saturated heterocycles. The molecule has 3 nitrogen and oxygen atoms in total. The van der Waals surface area contributed by atoms with E-state index in [4.69, 9.17) is 17.3 Å². The van der Waals surface area contributed by atoms with Gasteiger partial charge in [0.25, 0.3) is 0 Å². The molecule has 0 radical (unpaired) electrons. The maximum Gasteiger partial charge on any atom is 0.169 e. The minimum absolute atomic E-state index is 0.165. The van der Waals surface area contributed by atoms with Crippen molar-refractivity contribution in [2.45, 2.75) is 6.92 Å². The molecule has 0 unspecified atom stereocenters. The lowest BCUT2D eigenvalue weighted by Gasteiger charge is -2.10. The van der Waals surface area contributed by atoms with E-state index in [0.717, 1.165) is 5.56 Å². The summed E-state index contributed by atoms with van der Waals surface area (Å²) >= 11 is 5.95. The minimum atomic E-state index is -0.895. The average Bonchev–Trinajstić information content (AvgIpc) is 2.30. The van der Waals surface area contributed by atoms with Crippen LogP contribution in [0.3, 0.4) is 0 Å². The van der Waals surface area contributed by atoms with Crippen molar-refractivity contribution in [1.29, 1.82) is 0 Å². The van der Waals surface area contributed by atoms with Crippen LogP contribution in [0.2, 0.25) is 5.02 Å². The van der Waals surface area contributed by atoms with Crippen molar-refractivity contribution in [3.63, 3.8) is 0 Å². The van der Waals surface area contributed by atoms with Crippen molar-refractivity contribution in [3.8, 4) is 0 Å². The Morgan fingerprint density at radius 3 is 2.67 bits per heavy atom. The number of pyridine rings is 1. The van der Waals surface area contributed by atoms with E-state index in [1.54, 1.807) is 12.1 Å². The van der Waals surface area contributed by atoms with Crippen LogP contribution < -0.4 is 11.1 Å². The van der Waals surface area contributed by atoms with Crippen LogP contribution in [0.5, 0.6) is 0 Å². The van der Waals surface area contributed by atoms with Crippen LogP contribution in [0.15, 0.2) is 24.3 Å². The molecule has 2 rings (SSSR count). The normalized spacial score (nSPS) is 10.4. The van der Waals surface area contributed by atoms with Crippen LogP contribution in [-0.2, 0) is 0 Å². The number of hydrogen-bond donors (Lipinski definition) is 2. The molecule has 0 bridgehead atoms. The minimum Gasteiger partial charge on any atom is -0.381 e. The molecular formula is C12H10ClF2N3. The summed E-state index contributed by atoms with van der Waals surface area (Å²) in [5, 5.41) is 3.09. The fourth-order valence-electron chi connectivity index (χ4n) is 1.43. The molecule has 2 aromatic rings. The molecule has 1 aromatic carbocycles. The molecule has 1 aromatic heterocycles. The highest BCUT2D eigenvalue weighted by Gasteiger charge is 2.11. The first-order chi connectivity index (χ1) is 8.47. The van der Waals surface area contributed by atoms with Crippen molar-refractivity contribution < 1.29 is 8.78 Å². The zero-order valence-electron chi connectivity index (χ0n) is 9.47. The Morgan fingerprint density at radius 2 is 1.94 bits per heavy atom. The molecule has 0 saturated carbocycles. The lowest BCUT2D eigenvalue weighted by molar-refractivity contribution is 0.581. The highest BCUT2D eigenvalue weighted by atomic mass is 35.5. The van der Waals surface area contributed by atoms with Gasteiger partial charge < -0.3 is 11.1 Å². The Bertz CT molecular complexity index is 602. The van der Waals surface area contributed by atoms with Crippen molar-refractivity contribution in [1.82, 2.24) is 4.98 Å². The second-order valence-electron chi connectivity index (χ2n) is 3.79. The predicted molar refractivity (Wildman–Crippen MR) is 68.0 cm³/mol. The topological polar surface area (TPSA) is 50.9 Å². The number of nitrogens with two attached hydrogens (primary N) is 1. The molecule has 0 aliphatic rings. The fourth-order valence-corrected chi connectivity index (χ4v) is 1.60. The number of halogens is 3. The summed E-state index contributed by atoms with van der Waals surface area (Å²) in [6.45, 7) is 1.87. The largest absolute Gasteiger partial charge is 0.381 e. The number of nitrogen functional groups attached to an aromatic ring is 1. The Labute approximate surface area is 108 Å². The molecule has 1 heterocycles. The molecule has 0 aliphatic heterocycles. The number of nitrogens with one attached hydrogen (secondary N) is 1. The molecule has 0 fully saturated rings. The molecule has 0 atom stereocenters. The van der Waals surface area contributed by atoms with Gasteiger partial charge in [0.1, 0.15) is 0 Å². The first kappa shape index (κ1) is 12.6. The first-order valence-electron chi connectivity index (χ1n) is 5.12. The maximum absolute atomic E-state index is 13.5. The zero-order chi connectivity index (χ0) is 13.3. The van der Waals surface area contributed by atoms with Gasteiger partial charge in [0.2, 0.25) is 0 Å². The van der Waals surface area contributed by atoms with Crippen LogP contribution in [0, 0.1) is 18.6 Å². The number of aryl methyl sites for hydroxylation is 1. The van der Waals surface area contributed by atoms with Gasteiger partial charge in [-0.15, -0.1) is 0 Å². The van der Waals surface area contributed by atoms with Crippen LogP contribution in [-0.4, -0.2) is 4.98 Å². The standard InChI is InChI=1S/C12H10ClF2N3/c1-6-2-3-7(13)10(4-6)17-12-9(15)5-8(14)11(16)18-12/h2-5H,1H3,(H3,16,17,18). The van der Waals surface area contributed by atoms with Gasteiger partial charge in [0, 0.05) is 6.07 Å². The van der Waals surface area contributed by atoms with Crippen molar-refractivity contribution >= 4 is 28.9 Å². The van der Waals surface area contributed by atoms with E-state index < -0.39 is 11.6 Å². The smallest absolute Gasteiger partial charge is 0.169 e. The van der Waals surface area contributed by atoms with Gasteiger partial charge in [-0.3, -0.25) is 0 Å². The highest BCUT2D eigenvalue weighted by Crippen LogP contribution is 2.27. The van der Waals surface area contributed by atoms with Crippen molar-refractivity contribution in [2.75, 3.05) is 11.1 Å². The Kier molecular flexibility index (Phi) is 3.34. The molecule has 0 aliphatic carbocycles. The van der Waals surface area contributed by atoms with Gasteiger partial charge in [-0.1, -0.05) is 17.7 Å². The number of rotatable bonds is 2. The molecular weight excluding hydrogens is 260 g/mol. The molecule has 3 N–H and O–H groups in total. The molecule has 0 spiro atoms. The van der Waals surface area contributed by atoms with Crippen LogP contribution in [0.25, 0.3) is 0 Å². The summed E-state index contributed by atoms with van der Waals surface area (Å²) in [5.41, 5.74) is 6.71. The molecule has 18 heavy (non-hydrogen) atoms. The fraction of sp³-hybridized carbons (Fsp3) is 0.0833. The predicted octanol–water partition coefficient (Wildman–Crippen LogP) is 3.65. The summed E-state index contributed by atoms with van der Waals surface area (Å²) in [6.07, 6.45) is 0. The van der Waals surface area contributed by atoms with E-state index in [1.807, 2.05) is 13.0 Å². The third kappa shape index (κ3) is 2.51. The number of aromatic nitrogens is 1. The third-order valence-electron chi connectivity index (χ3n) is 2.33.